The third kappa shape index (κ3) is 4.96. The van der Waals surface area contributed by atoms with Crippen LogP contribution < -0.4 is 10.2 Å². The van der Waals surface area contributed by atoms with Crippen LogP contribution in [0.25, 0.3) is 0 Å². The molecule has 2 rings (SSSR count). The molecule has 0 saturated carbocycles. The fourth-order valence-corrected chi connectivity index (χ4v) is 3.18. The number of aryl methyl sites for hydroxylation is 2. The van der Waals surface area contributed by atoms with E-state index < -0.39 is 5.91 Å². The summed E-state index contributed by atoms with van der Waals surface area (Å²) in [5, 5.41) is 23.4. The summed E-state index contributed by atoms with van der Waals surface area (Å²) in [6.45, 7) is 3.70. The van der Waals surface area contributed by atoms with Gasteiger partial charge in [0.25, 0.3) is 5.91 Å². The molecule has 0 bridgehead atoms. The number of nitrogens with zero attached hydrogens (tertiary/aromatic N) is 1. The summed E-state index contributed by atoms with van der Waals surface area (Å²) < 4.78 is 5.96. The molecule has 0 fully saturated rings. The molecular weight excluding hydrogens is 456 g/mol. The zero-order valence-corrected chi connectivity index (χ0v) is 16.7. The first-order valence-electron chi connectivity index (χ1n) is 7.21. The molecule has 0 aliphatic heterocycles. The highest BCUT2D eigenvalue weighted by Crippen LogP contribution is 2.40. The number of carbonyl (C=O) groups is 1. The SMILES string of the molecule is Cc1ccc(OCC(=O)N/N=C/c2cc(Br)c(O)c(Br)c2O)c(C)c1. The summed E-state index contributed by atoms with van der Waals surface area (Å²) in [5.41, 5.74) is 4.69. The lowest BCUT2D eigenvalue weighted by atomic mass is 10.1. The number of amides is 1. The number of carbonyl (C=O) groups excluding carboxylic acids is 1. The van der Waals surface area contributed by atoms with Gasteiger partial charge >= 0.3 is 0 Å². The highest BCUT2D eigenvalue weighted by Gasteiger charge is 2.13. The first kappa shape index (κ1) is 19.3. The monoisotopic (exact) mass is 470 g/mol. The van der Waals surface area contributed by atoms with Crippen molar-refractivity contribution >= 4 is 44.0 Å². The Balaban J connectivity index is 1.95. The van der Waals surface area contributed by atoms with Gasteiger partial charge in [0, 0.05) is 5.56 Å². The zero-order valence-electron chi connectivity index (χ0n) is 13.5. The van der Waals surface area contributed by atoms with Crippen molar-refractivity contribution in [3.8, 4) is 17.2 Å². The van der Waals surface area contributed by atoms with Crippen LogP contribution in [0.2, 0.25) is 0 Å². The van der Waals surface area contributed by atoms with E-state index in [9.17, 15) is 15.0 Å². The van der Waals surface area contributed by atoms with E-state index in [4.69, 9.17) is 4.74 Å². The fraction of sp³-hybridized carbons (Fsp3) is 0.176. The third-order valence-corrected chi connectivity index (χ3v) is 4.64. The summed E-state index contributed by atoms with van der Waals surface area (Å²) in [6, 6.07) is 7.15. The van der Waals surface area contributed by atoms with Gasteiger partial charge in [-0.1, -0.05) is 17.7 Å². The van der Waals surface area contributed by atoms with Crippen molar-refractivity contribution in [2.24, 2.45) is 5.10 Å². The lowest BCUT2D eigenvalue weighted by Gasteiger charge is -2.09. The van der Waals surface area contributed by atoms with Crippen molar-refractivity contribution in [3.05, 3.63) is 49.9 Å². The normalized spacial score (nSPS) is 10.9. The predicted octanol–water partition coefficient (Wildman–Crippen LogP) is 3.77. The highest BCUT2D eigenvalue weighted by atomic mass is 79.9. The molecule has 2 aromatic carbocycles. The largest absolute Gasteiger partial charge is 0.506 e. The Morgan fingerprint density at radius 2 is 1.96 bits per heavy atom. The second-order valence-corrected chi connectivity index (χ2v) is 6.96. The zero-order chi connectivity index (χ0) is 18.6. The van der Waals surface area contributed by atoms with Crippen molar-refractivity contribution < 1.29 is 19.7 Å². The molecule has 6 nitrogen and oxygen atoms in total. The van der Waals surface area contributed by atoms with Gasteiger partial charge in [-0.3, -0.25) is 4.79 Å². The summed E-state index contributed by atoms with van der Waals surface area (Å²) in [6.07, 6.45) is 1.26. The Hall–Kier alpha value is -2.06. The minimum Gasteiger partial charge on any atom is -0.506 e. The molecule has 25 heavy (non-hydrogen) atoms. The van der Waals surface area contributed by atoms with E-state index in [1.165, 1.54) is 12.3 Å². The molecule has 0 aliphatic carbocycles. The van der Waals surface area contributed by atoms with Gasteiger partial charge in [0.2, 0.25) is 0 Å². The van der Waals surface area contributed by atoms with Crippen LogP contribution in [-0.4, -0.2) is 28.9 Å². The van der Waals surface area contributed by atoms with Crippen LogP contribution in [0.1, 0.15) is 16.7 Å². The van der Waals surface area contributed by atoms with Gasteiger partial charge in [0.1, 0.15) is 21.7 Å². The van der Waals surface area contributed by atoms with E-state index in [1.807, 2.05) is 32.0 Å². The van der Waals surface area contributed by atoms with Gasteiger partial charge in [-0.25, -0.2) is 5.43 Å². The first-order valence-corrected chi connectivity index (χ1v) is 8.80. The number of hydrazone groups is 1. The topological polar surface area (TPSA) is 91.2 Å². The van der Waals surface area contributed by atoms with Crippen molar-refractivity contribution in [2.75, 3.05) is 6.61 Å². The van der Waals surface area contributed by atoms with E-state index in [0.29, 0.717) is 15.8 Å². The lowest BCUT2D eigenvalue weighted by Crippen LogP contribution is -2.24. The molecule has 2 aromatic rings. The highest BCUT2D eigenvalue weighted by molar-refractivity contribution is 9.11. The van der Waals surface area contributed by atoms with Gasteiger partial charge in [-0.05, 0) is 63.4 Å². The standard InChI is InChI=1S/C17H16Br2N2O4/c1-9-3-4-13(10(2)5-9)25-8-14(22)21-20-7-11-6-12(18)17(24)15(19)16(11)23/h3-7,23-24H,8H2,1-2H3,(H,21,22)/b20-7+. The van der Waals surface area contributed by atoms with Crippen LogP contribution in [0.15, 0.2) is 38.3 Å². The van der Waals surface area contributed by atoms with Crippen molar-refractivity contribution in [1.29, 1.82) is 0 Å². The average Bonchev–Trinajstić information content (AvgIpc) is 2.56. The Morgan fingerprint density at radius 1 is 1.24 bits per heavy atom. The molecular formula is C17H16Br2N2O4. The molecule has 0 aliphatic rings. The summed E-state index contributed by atoms with van der Waals surface area (Å²) >= 11 is 6.22. The quantitative estimate of drug-likeness (QED) is 0.457. The first-order chi connectivity index (χ1) is 11.8. The van der Waals surface area contributed by atoms with Crippen LogP contribution >= 0.6 is 31.9 Å². The van der Waals surface area contributed by atoms with Crippen LogP contribution in [-0.2, 0) is 4.79 Å². The fourth-order valence-electron chi connectivity index (χ4n) is 2.03. The van der Waals surface area contributed by atoms with Crippen LogP contribution in [0.5, 0.6) is 17.2 Å². The number of ether oxygens (including phenoxy) is 1. The minimum absolute atomic E-state index is 0.124. The van der Waals surface area contributed by atoms with Gasteiger partial charge in [-0.2, -0.15) is 5.10 Å². The molecule has 0 spiro atoms. The summed E-state index contributed by atoms with van der Waals surface area (Å²) in [7, 11) is 0. The minimum atomic E-state index is -0.437. The van der Waals surface area contributed by atoms with E-state index in [2.05, 4.69) is 42.4 Å². The number of aromatic hydroxyl groups is 2. The van der Waals surface area contributed by atoms with Gasteiger partial charge in [0.15, 0.2) is 6.61 Å². The number of nitrogens with one attached hydrogen (secondary N) is 1. The van der Waals surface area contributed by atoms with Crippen LogP contribution in [0, 0.1) is 13.8 Å². The molecule has 3 N–H and O–H groups in total. The van der Waals surface area contributed by atoms with Crippen LogP contribution in [0.3, 0.4) is 0 Å². The molecule has 0 atom stereocenters. The molecule has 0 heterocycles. The van der Waals surface area contributed by atoms with E-state index >= 15 is 0 Å². The van der Waals surface area contributed by atoms with Crippen LogP contribution in [0.4, 0.5) is 0 Å². The molecule has 0 saturated heterocycles. The van der Waals surface area contributed by atoms with E-state index in [-0.39, 0.29) is 22.6 Å². The summed E-state index contributed by atoms with van der Waals surface area (Å²) in [4.78, 5) is 11.8. The molecule has 0 unspecified atom stereocenters. The maximum Gasteiger partial charge on any atom is 0.277 e. The van der Waals surface area contributed by atoms with E-state index in [1.54, 1.807) is 0 Å². The molecule has 0 aromatic heterocycles. The lowest BCUT2D eigenvalue weighted by molar-refractivity contribution is -0.123. The Kier molecular flexibility index (Phi) is 6.44. The number of hydrogen-bond acceptors (Lipinski definition) is 5. The number of phenols is 2. The summed E-state index contributed by atoms with van der Waals surface area (Å²) in [5.74, 6) is -0.118. The van der Waals surface area contributed by atoms with Gasteiger partial charge in [-0.15, -0.1) is 0 Å². The molecule has 132 valence electrons. The number of phenolic OH excluding ortho intramolecular Hbond substituents is 2. The maximum absolute atomic E-state index is 11.8. The number of rotatable bonds is 5. The maximum atomic E-state index is 11.8. The van der Waals surface area contributed by atoms with Gasteiger partial charge in [0.05, 0.1) is 10.7 Å². The Bertz CT molecular complexity index is 838. The Labute approximate surface area is 161 Å². The third-order valence-electron chi connectivity index (χ3n) is 3.28. The Morgan fingerprint density at radius 3 is 2.64 bits per heavy atom. The number of benzene rings is 2. The molecule has 1 amide bonds. The van der Waals surface area contributed by atoms with Gasteiger partial charge < -0.3 is 14.9 Å². The second-order valence-electron chi connectivity index (χ2n) is 5.31. The van der Waals surface area contributed by atoms with Crippen molar-refractivity contribution in [2.45, 2.75) is 13.8 Å². The molecule has 0 radical (unpaired) electrons. The molecule has 8 heteroatoms. The average molecular weight is 472 g/mol. The number of hydrogen-bond donors (Lipinski definition) is 3. The second kappa shape index (κ2) is 8.35. The number of halogens is 2. The van der Waals surface area contributed by atoms with Crippen molar-refractivity contribution in [1.82, 2.24) is 5.43 Å². The smallest absolute Gasteiger partial charge is 0.277 e. The predicted molar refractivity (Wildman–Crippen MR) is 102 cm³/mol. The van der Waals surface area contributed by atoms with Crippen molar-refractivity contribution in [3.63, 3.8) is 0 Å². The van der Waals surface area contributed by atoms with E-state index in [0.717, 1.165) is 11.1 Å².